The number of ether oxygens (including phenoxy) is 2. The topological polar surface area (TPSA) is 96.0 Å². The Bertz CT molecular complexity index is 1000. The Labute approximate surface area is 214 Å². The smallest absolute Gasteiger partial charge is 0.319 e. The molecule has 0 spiro atoms. The number of anilines is 1. The molecule has 0 saturated carbocycles. The molecule has 0 aliphatic carbocycles. The summed E-state index contributed by atoms with van der Waals surface area (Å²) >= 11 is 0. The molecule has 2 N–H and O–H groups in total. The molecule has 3 amide bonds. The number of nitrogens with zero attached hydrogens (tertiary/aromatic N) is 3. The van der Waals surface area contributed by atoms with E-state index in [9.17, 15) is 9.59 Å². The summed E-state index contributed by atoms with van der Waals surface area (Å²) in [5, 5.41) is 5.58. The molecular weight excluding hydrogens is 458 g/mol. The van der Waals surface area contributed by atoms with Gasteiger partial charge in [0.1, 0.15) is 12.4 Å². The van der Waals surface area contributed by atoms with Crippen LogP contribution in [0.1, 0.15) is 43.2 Å². The highest BCUT2D eigenvalue weighted by molar-refractivity contribution is 5.99. The van der Waals surface area contributed by atoms with Gasteiger partial charge in [-0.1, -0.05) is 19.9 Å². The van der Waals surface area contributed by atoms with Crippen molar-refractivity contribution in [3.05, 3.63) is 53.9 Å². The van der Waals surface area contributed by atoms with Crippen molar-refractivity contribution in [1.29, 1.82) is 0 Å². The van der Waals surface area contributed by atoms with E-state index in [0.717, 1.165) is 18.7 Å². The third kappa shape index (κ3) is 7.41. The Hall–Kier alpha value is -3.17. The zero-order valence-corrected chi connectivity index (χ0v) is 22.0. The second-order valence-electron chi connectivity index (χ2n) is 9.44. The first-order chi connectivity index (χ1) is 17.3. The van der Waals surface area contributed by atoms with Crippen molar-refractivity contribution in [2.75, 3.05) is 45.7 Å². The fourth-order valence-electron chi connectivity index (χ4n) is 4.26. The molecule has 1 aliphatic heterocycles. The van der Waals surface area contributed by atoms with Crippen LogP contribution in [0, 0.1) is 5.92 Å². The molecule has 0 bridgehead atoms. The van der Waals surface area contributed by atoms with E-state index in [-0.39, 0.29) is 30.0 Å². The number of carbonyl (C=O) groups excluding carboxylic acids is 2. The predicted octanol–water partition coefficient (Wildman–Crippen LogP) is 3.62. The van der Waals surface area contributed by atoms with Crippen LogP contribution in [0.2, 0.25) is 0 Å². The van der Waals surface area contributed by atoms with Crippen LogP contribution in [0.5, 0.6) is 5.75 Å². The monoisotopic (exact) mass is 497 g/mol. The number of likely N-dealkylation sites (N-methyl/N-ethyl adjacent to an activating group) is 1. The Kier molecular flexibility index (Phi) is 10.1. The average Bonchev–Trinajstić information content (AvgIpc) is 2.88. The number of urea groups is 1. The second-order valence-corrected chi connectivity index (χ2v) is 9.44. The summed E-state index contributed by atoms with van der Waals surface area (Å²) in [5.74, 6) is 0.458. The SMILES string of the molecule is CCCNC(=O)Nc1ccc2c(c1)C(=O)N(C)C[C@H](OC)[C@H](C)CN(Cc1ccccn1)[C@@H](C)CO2. The van der Waals surface area contributed by atoms with Gasteiger partial charge in [-0.15, -0.1) is 0 Å². The predicted molar refractivity (Wildman–Crippen MR) is 140 cm³/mol. The molecule has 9 nitrogen and oxygen atoms in total. The summed E-state index contributed by atoms with van der Waals surface area (Å²) in [6.45, 7) is 9.09. The van der Waals surface area contributed by atoms with Gasteiger partial charge >= 0.3 is 6.03 Å². The molecule has 9 heteroatoms. The van der Waals surface area contributed by atoms with E-state index in [1.807, 2.05) is 25.1 Å². The van der Waals surface area contributed by atoms with Gasteiger partial charge in [0, 0.05) is 58.3 Å². The number of methoxy groups -OCH3 is 1. The third-order valence-electron chi connectivity index (χ3n) is 6.46. The zero-order chi connectivity index (χ0) is 26.1. The molecule has 3 atom stereocenters. The lowest BCUT2D eigenvalue weighted by molar-refractivity contribution is 0.00901. The molecular formula is C27H39N5O4. The minimum Gasteiger partial charge on any atom is -0.491 e. The maximum Gasteiger partial charge on any atom is 0.319 e. The molecule has 1 aromatic heterocycles. The Balaban J connectivity index is 1.89. The minimum atomic E-state index is -0.307. The molecule has 36 heavy (non-hydrogen) atoms. The highest BCUT2D eigenvalue weighted by Gasteiger charge is 2.28. The normalized spacial score (nSPS) is 21.5. The number of fused-ring (bicyclic) bond motifs is 1. The van der Waals surface area contributed by atoms with E-state index in [4.69, 9.17) is 9.47 Å². The van der Waals surface area contributed by atoms with Crippen LogP contribution in [0.3, 0.4) is 0 Å². The summed E-state index contributed by atoms with van der Waals surface area (Å²) in [6.07, 6.45) is 2.49. The van der Waals surface area contributed by atoms with E-state index < -0.39 is 0 Å². The van der Waals surface area contributed by atoms with Crippen LogP contribution in [0.4, 0.5) is 10.5 Å². The molecule has 0 radical (unpaired) electrons. The van der Waals surface area contributed by atoms with Gasteiger partial charge in [0.15, 0.2) is 0 Å². The standard InChI is InChI=1S/C27H39N5O4/c1-6-12-29-27(34)30-21-10-11-24-23(14-21)26(33)31(4)17-25(35-5)19(2)15-32(20(3)18-36-24)16-22-9-7-8-13-28-22/h7-11,13-14,19-20,25H,6,12,15-18H2,1-5H3,(H2,29,30,34)/t19-,20+,25+/m1/s1. The van der Waals surface area contributed by atoms with Crippen LogP contribution in [-0.2, 0) is 11.3 Å². The number of carbonyl (C=O) groups is 2. The van der Waals surface area contributed by atoms with Gasteiger partial charge in [-0.3, -0.25) is 14.7 Å². The van der Waals surface area contributed by atoms with E-state index in [0.29, 0.717) is 43.2 Å². The van der Waals surface area contributed by atoms with Gasteiger partial charge < -0.3 is 25.0 Å². The van der Waals surface area contributed by atoms with Gasteiger partial charge in [0.05, 0.1) is 17.4 Å². The first-order valence-corrected chi connectivity index (χ1v) is 12.6. The largest absolute Gasteiger partial charge is 0.491 e. The van der Waals surface area contributed by atoms with Gasteiger partial charge in [-0.25, -0.2) is 4.79 Å². The van der Waals surface area contributed by atoms with Crippen LogP contribution >= 0.6 is 0 Å². The summed E-state index contributed by atoms with van der Waals surface area (Å²) in [4.78, 5) is 34.1. The van der Waals surface area contributed by atoms with Gasteiger partial charge in [-0.2, -0.15) is 0 Å². The van der Waals surface area contributed by atoms with Crippen molar-refractivity contribution in [2.45, 2.75) is 45.9 Å². The van der Waals surface area contributed by atoms with Crippen molar-refractivity contribution in [2.24, 2.45) is 5.92 Å². The second kappa shape index (κ2) is 13.2. The van der Waals surface area contributed by atoms with Crippen LogP contribution in [0.25, 0.3) is 0 Å². The lowest BCUT2D eigenvalue weighted by Gasteiger charge is -2.35. The van der Waals surface area contributed by atoms with E-state index in [1.54, 1.807) is 43.5 Å². The average molecular weight is 498 g/mol. The molecule has 1 aromatic carbocycles. The number of hydrogen-bond donors (Lipinski definition) is 2. The third-order valence-corrected chi connectivity index (χ3v) is 6.46. The molecule has 2 heterocycles. The molecule has 2 aromatic rings. The Morgan fingerprint density at radius 1 is 1.22 bits per heavy atom. The maximum atomic E-state index is 13.5. The number of pyridine rings is 1. The summed E-state index contributed by atoms with van der Waals surface area (Å²) in [7, 11) is 3.45. The Morgan fingerprint density at radius 3 is 2.72 bits per heavy atom. The highest BCUT2D eigenvalue weighted by Crippen LogP contribution is 2.26. The van der Waals surface area contributed by atoms with Crippen molar-refractivity contribution in [3.63, 3.8) is 0 Å². The number of benzene rings is 1. The van der Waals surface area contributed by atoms with Crippen LogP contribution in [0.15, 0.2) is 42.6 Å². The molecule has 0 saturated heterocycles. The van der Waals surface area contributed by atoms with Crippen molar-refractivity contribution < 1.29 is 19.1 Å². The highest BCUT2D eigenvalue weighted by atomic mass is 16.5. The van der Waals surface area contributed by atoms with E-state index in [1.165, 1.54) is 0 Å². The van der Waals surface area contributed by atoms with Gasteiger partial charge in [0.2, 0.25) is 0 Å². The molecule has 1 aliphatic rings. The Morgan fingerprint density at radius 2 is 2.03 bits per heavy atom. The molecule has 0 fully saturated rings. The first kappa shape index (κ1) is 27.4. The van der Waals surface area contributed by atoms with Crippen molar-refractivity contribution in [1.82, 2.24) is 20.1 Å². The molecule has 196 valence electrons. The summed E-state index contributed by atoms with van der Waals surface area (Å²) < 4.78 is 12.0. The lowest BCUT2D eigenvalue weighted by atomic mass is 10.0. The van der Waals surface area contributed by atoms with Gasteiger partial charge in [-0.05, 0) is 49.6 Å². The number of rotatable bonds is 6. The minimum absolute atomic E-state index is 0.0599. The van der Waals surface area contributed by atoms with E-state index in [2.05, 4.69) is 34.4 Å². The number of aromatic nitrogens is 1. The fourth-order valence-corrected chi connectivity index (χ4v) is 4.26. The molecule has 3 rings (SSSR count). The number of nitrogens with one attached hydrogen (secondary N) is 2. The molecule has 0 unspecified atom stereocenters. The maximum absolute atomic E-state index is 13.5. The quantitative estimate of drug-likeness (QED) is 0.633. The summed E-state index contributed by atoms with van der Waals surface area (Å²) in [6, 6.07) is 10.8. The van der Waals surface area contributed by atoms with E-state index >= 15 is 0 Å². The van der Waals surface area contributed by atoms with Crippen LogP contribution in [-0.4, -0.2) is 79.3 Å². The van der Waals surface area contributed by atoms with Crippen molar-refractivity contribution in [3.8, 4) is 5.75 Å². The first-order valence-electron chi connectivity index (χ1n) is 12.6. The van der Waals surface area contributed by atoms with Gasteiger partial charge in [0.25, 0.3) is 5.91 Å². The number of hydrogen-bond acceptors (Lipinski definition) is 6. The lowest BCUT2D eigenvalue weighted by Crippen LogP contribution is -2.46. The van der Waals surface area contributed by atoms with Crippen LogP contribution < -0.4 is 15.4 Å². The number of amides is 3. The van der Waals surface area contributed by atoms with Crippen molar-refractivity contribution >= 4 is 17.6 Å². The zero-order valence-electron chi connectivity index (χ0n) is 22.0. The fraction of sp³-hybridized carbons (Fsp3) is 0.519. The summed E-state index contributed by atoms with van der Waals surface area (Å²) in [5.41, 5.74) is 1.92.